The molecule has 3 nitrogen and oxygen atoms in total. The van der Waals surface area contributed by atoms with Gasteiger partial charge in [-0.3, -0.25) is 4.99 Å². The molecule has 1 heterocycles. The lowest BCUT2D eigenvalue weighted by Gasteiger charge is -2.23. The minimum Gasteiger partial charge on any atom is -0.479 e. The number of hydrogen-bond acceptors (Lipinski definition) is 2. The highest BCUT2D eigenvalue weighted by atomic mass is 79.9. The lowest BCUT2D eigenvalue weighted by Crippen LogP contribution is -2.34. The second-order valence-electron chi connectivity index (χ2n) is 4.95. The summed E-state index contributed by atoms with van der Waals surface area (Å²) in [4.78, 5) is 16.0. The van der Waals surface area contributed by atoms with E-state index in [4.69, 9.17) is 0 Å². The van der Waals surface area contributed by atoms with E-state index in [1.165, 1.54) is 12.8 Å². The van der Waals surface area contributed by atoms with Crippen molar-refractivity contribution in [2.75, 3.05) is 0 Å². The molecule has 1 aliphatic heterocycles. The average Bonchev–Trinajstić information content (AvgIpc) is 2.93. The Balaban J connectivity index is 2.27. The Morgan fingerprint density at radius 2 is 2.00 bits per heavy atom. The SMILES string of the molecule is O=C(O)C1(Br)N=c2ccccc2=C1C1CCCC1. The summed E-state index contributed by atoms with van der Waals surface area (Å²) in [6.07, 6.45) is 4.50. The van der Waals surface area contributed by atoms with Gasteiger partial charge in [-0.25, -0.2) is 4.79 Å². The number of rotatable bonds is 2. The quantitative estimate of drug-likeness (QED) is 0.669. The summed E-state index contributed by atoms with van der Waals surface area (Å²) < 4.78 is -1.24. The van der Waals surface area contributed by atoms with E-state index in [2.05, 4.69) is 20.9 Å². The third kappa shape index (κ3) is 1.62. The number of hydrogen-bond donors (Lipinski definition) is 1. The molecular formula is C14H14BrNO2. The van der Waals surface area contributed by atoms with Gasteiger partial charge in [-0.15, -0.1) is 0 Å². The Hall–Kier alpha value is -1.16. The summed E-state index contributed by atoms with van der Waals surface area (Å²) in [6, 6.07) is 7.72. The van der Waals surface area contributed by atoms with Crippen LogP contribution in [0.25, 0.3) is 5.57 Å². The molecule has 1 aliphatic carbocycles. The molecule has 0 radical (unpaired) electrons. The summed E-state index contributed by atoms with van der Waals surface area (Å²) in [6.45, 7) is 0. The molecule has 94 valence electrons. The zero-order chi connectivity index (χ0) is 12.8. The Morgan fingerprint density at radius 3 is 2.67 bits per heavy atom. The summed E-state index contributed by atoms with van der Waals surface area (Å²) >= 11 is 3.36. The topological polar surface area (TPSA) is 49.7 Å². The lowest BCUT2D eigenvalue weighted by molar-refractivity contribution is -0.137. The van der Waals surface area contributed by atoms with Gasteiger partial charge in [0.1, 0.15) is 0 Å². The van der Waals surface area contributed by atoms with E-state index in [9.17, 15) is 9.90 Å². The van der Waals surface area contributed by atoms with Crippen molar-refractivity contribution in [2.24, 2.45) is 10.9 Å². The summed E-state index contributed by atoms with van der Waals surface area (Å²) in [5.41, 5.74) is 0.947. The predicted molar refractivity (Wildman–Crippen MR) is 71.9 cm³/mol. The summed E-state index contributed by atoms with van der Waals surface area (Å²) in [5, 5.41) is 11.3. The van der Waals surface area contributed by atoms with Gasteiger partial charge < -0.3 is 5.11 Å². The van der Waals surface area contributed by atoms with Crippen LogP contribution in [-0.4, -0.2) is 15.5 Å². The number of aliphatic carboxylic acids is 1. The Labute approximate surface area is 113 Å². The second kappa shape index (κ2) is 4.19. The monoisotopic (exact) mass is 307 g/mol. The van der Waals surface area contributed by atoms with Crippen molar-refractivity contribution < 1.29 is 9.90 Å². The second-order valence-corrected chi connectivity index (χ2v) is 6.10. The first-order chi connectivity index (χ1) is 8.63. The van der Waals surface area contributed by atoms with E-state index in [1.807, 2.05) is 24.3 Å². The fourth-order valence-electron chi connectivity index (χ4n) is 3.07. The van der Waals surface area contributed by atoms with Crippen LogP contribution in [0.4, 0.5) is 0 Å². The van der Waals surface area contributed by atoms with Gasteiger partial charge in [-0.1, -0.05) is 31.0 Å². The molecule has 18 heavy (non-hydrogen) atoms. The largest absolute Gasteiger partial charge is 0.479 e. The van der Waals surface area contributed by atoms with Gasteiger partial charge in [-0.2, -0.15) is 0 Å². The molecule has 1 fully saturated rings. The van der Waals surface area contributed by atoms with Crippen molar-refractivity contribution in [3.8, 4) is 0 Å². The van der Waals surface area contributed by atoms with Crippen molar-refractivity contribution in [3.63, 3.8) is 0 Å². The number of halogens is 1. The Bertz CT molecular complexity index is 619. The maximum absolute atomic E-state index is 11.6. The molecule has 2 aliphatic rings. The minimum atomic E-state index is -1.24. The van der Waals surface area contributed by atoms with Crippen molar-refractivity contribution in [1.82, 2.24) is 0 Å². The van der Waals surface area contributed by atoms with E-state index >= 15 is 0 Å². The number of nitrogens with zero attached hydrogens (tertiary/aromatic N) is 1. The van der Waals surface area contributed by atoms with Gasteiger partial charge in [-0.05, 0) is 46.3 Å². The van der Waals surface area contributed by atoms with Crippen LogP contribution in [0.3, 0.4) is 0 Å². The Morgan fingerprint density at radius 1 is 1.33 bits per heavy atom. The Kier molecular flexibility index (Phi) is 2.77. The fraction of sp³-hybridized carbons (Fsp3) is 0.429. The number of carboxylic acid groups (broad SMARTS) is 1. The van der Waals surface area contributed by atoms with Crippen molar-refractivity contribution in [3.05, 3.63) is 34.8 Å². The van der Waals surface area contributed by atoms with Crippen LogP contribution in [0.2, 0.25) is 0 Å². The summed E-state index contributed by atoms with van der Waals surface area (Å²) in [7, 11) is 0. The maximum Gasteiger partial charge on any atom is 0.347 e. The third-order valence-corrected chi connectivity index (χ3v) is 4.82. The first-order valence-corrected chi connectivity index (χ1v) is 7.04. The van der Waals surface area contributed by atoms with Crippen LogP contribution in [0.1, 0.15) is 25.7 Å². The number of para-hydroxylation sites is 1. The maximum atomic E-state index is 11.6. The standard InChI is InChI=1S/C14H14BrNO2/c15-14(13(17)18)12(9-5-1-2-6-9)10-7-3-4-8-11(10)16-14/h3-4,7-9H,1-2,5-6H2,(H,17,18). The van der Waals surface area contributed by atoms with Gasteiger partial charge in [0, 0.05) is 5.22 Å². The van der Waals surface area contributed by atoms with Crippen LogP contribution < -0.4 is 10.6 Å². The van der Waals surface area contributed by atoms with E-state index < -0.39 is 10.4 Å². The molecule has 4 heteroatoms. The zero-order valence-corrected chi connectivity index (χ0v) is 11.5. The molecule has 0 saturated heterocycles. The van der Waals surface area contributed by atoms with Crippen molar-refractivity contribution >= 4 is 27.5 Å². The van der Waals surface area contributed by atoms with Gasteiger partial charge in [0.05, 0.1) is 5.36 Å². The predicted octanol–water partition coefficient (Wildman–Crippen LogP) is 1.84. The number of benzene rings is 1. The van der Waals surface area contributed by atoms with Crippen LogP contribution in [0.5, 0.6) is 0 Å². The van der Waals surface area contributed by atoms with Gasteiger partial charge in [0.25, 0.3) is 0 Å². The van der Waals surface area contributed by atoms with E-state index in [-0.39, 0.29) is 0 Å². The molecule has 3 rings (SSSR count). The highest BCUT2D eigenvalue weighted by molar-refractivity contribution is 9.10. The smallest absolute Gasteiger partial charge is 0.347 e. The zero-order valence-electron chi connectivity index (χ0n) is 9.90. The van der Waals surface area contributed by atoms with Gasteiger partial charge in [0.2, 0.25) is 4.45 Å². The van der Waals surface area contributed by atoms with Crippen LogP contribution in [-0.2, 0) is 4.79 Å². The number of alkyl halides is 1. The van der Waals surface area contributed by atoms with Crippen LogP contribution in [0, 0.1) is 5.92 Å². The molecule has 1 N–H and O–H groups in total. The summed E-state index contributed by atoms with van der Waals surface area (Å²) in [5.74, 6) is -0.575. The minimum absolute atomic E-state index is 0.341. The van der Waals surface area contributed by atoms with Crippen LogP contribution >= 0.6 is 15.9 Å². The highest BCUT2D eigenvalue weighted by Crippen LogP contribution is 2.43. The van der Waals surface area contributed by atoms with Gasteiger partial charge in [0.15, 0.2) is 0 Å². The molecule has 1 aromatic rings. The van der Waals surface area contributed by atoms with E-state index in [1.54, 1.807) is 0 Å². The normalized spacial score (nSPS) is 27.1. The lowest BCUT2D eigenvalue weighted by atomic mass is 9.91. The van der Waals surface area contributed by atoms with Crippen molar-refractivity contribution in [2.45, 2.75) is 30.1 Å². The first kappa shape index (κ1) is 11.9. The molecule has 0 bridgehead atoms. The van der Waals surface area contributed by atoms with Crippen molar-refractivity contribution in [1.29, 1.82) is 0 Å². The molecule has 1 saturated carbocycles. The third-order valence-electron chi connectivity index (χ3n) is 3.87. The molecule has 0 amide bonds. The molecule has 1 atom stereocenters. The number of fused-ring (bicyclic) bond motifs is 1. The fourth-order valence-corrected chi connectivity index (χ4v) is 3.80. The number of carboxylic acids is 1. The first-order valence-electron chi connectivity index (χ1n) is 6.25. The van der Waals surface area contributed by atoms with E-state index in [0.29, 0.717) is 5.92 Å². The van der Waals surface area contributed by atoms with Gasteiger partial charge >= 0.3 is 5.97 Å². The van der Waals surface area contributed by atoms with E-state index in [0.717, 1.165) is 29.0 Å². The molecule has 1 unspecified atom stereocenters. The van der Waals surface area contributed by atoms with Crippen LogP contribution in [0.15, 0.2) is 29.3 Å². The molecule has 0 aromatic heterocycles. The highest BCUT2D eigenvalue weighted by Gasteiger charge is 2.45. The average molecular weight is 308 g/mol. The molecular weight excluding hydrogens is 294 g/mol. The molecule has 1 aromatic carbocycles. The number of carbonyl (C=O) groups is 1. The molecule has 0 spiro atoms.